The van der Waals surface area contributed by atoms with Gasteiger partial charge >= 0.3 is 17.8 Å². The van der Waals surface area contributed by atoms with Crippen molar-refractivity contribution < 1.29 is 24.0 Å². The number of hydroxylamine groups is 1. The van der Waals surface area contributed by atoms with Gasteiger partial charge in [0.2, 0.25) is 0 Å². The molecule has 0 unspecified atom stereocenters. The maximum atomic E-state index is 13.1. The van der Waals surface area contributed by atoms with Crippen LogP contribution in [0.2, 0.25) is 5.02 Å². The van der Waals surface area contributed by atoms with Gasteiger partial charge in [-0.05, 0) is 86.4 Å². The SMILES string of the molecule is CC(C)(C)ONC(=O)[C@H](Cc1ccc(NC(=O)N2CCCCC2)cc1)NC(=O)C(=O)Nc1cc(Cl)ccc1-n1cnnn1. The molecule has 1 aromatic heterocycles. The van der Waals surface area contributed by atoms with E-state index in [1.54, 1.807) is 62.1 Å². The maximum absolute atomic E-state index is 13.1. The first-order valence-corrected chi connectivity index (χ1v) is 14.1. The molecule has 4 rings (SSSR count). The van der Waals surface area contributed by atoms with E-state index in [-0.39, 0.29) is 18.1 Å². The molecule has 228 valence electrons. The second kappa shape index (κ2) is 14.1. The van der Waals surface area contributed by atoms with Gasteiger partial charge in [-0.2, -0.15) is 4.68 Å². The second-order valence-corrected chi connectivity index (χ2v) is 11.4. The van der Waals surface area contributed by atoms with Gasteiger partial charge in [-0.15, -0.1) is 5.10 Å². The van der Waals surface area contributed by atoms with E-state index in [9.17, 15) is 19.2 Å². The number of piperidine rings is 1. The van der Waals surface area contributed by atoms with Crippen molar-refractivity contribution in [3.05, 3.63) is 59.4 Å². The average molecular weight is 612 g/mol. The Labute approximate surface area is 253 Å². The Balaban J connectivity index is 1.44. The first-order chi connectivity index (χ1) is 20.5. The van der Waals surface area contributed by atoms with Gasteiger partial charge in [0, 0.05) is 30.2 Å². The minimum absolute atomic E-state index is 0.0335. The summed E-state index contributed by atoms with van der Waals surface area (Å²) in [6.07, 6.45) is 4.44. The molecule has 4 N–H and O–H groups in total. The molecule has 3 aromatic rings. The fourth-order valence-corrected chi connectivity index (χ4v) is 4.40. The summed E-state index contributed by atoms with van der Waals surface area (Å²) in [7, 11) is 0. The predicted octanol–water partition coefficient (Wildman–Crippen LogP) is 2.85. The second-order valence-electron chi connectivity index (χ2n) is 11.0. The number of nitrogens with one attached hydrogen (secondary N) is 4. The molecule has 1 aliphatic rings. The summed E-state index contributed by atoms with van der Waals surface area (Å²) < 4.78 is 1.29. The van der Waals surface area contributed by atoms with E-state index in [1.807, 2.05) is 0 Å². The lowest BCUT2D eigenvalue weighted by atomic mass is 10.0. The van der Waals surface area contributed by atoms with E-state index < -0.39 is 29.4 Å². The molecule has 43 heavy (non-hydrogen) atoms. The van der Waals surface area contributed by atoms with Gasteiger partial charge in [-0.3, -0.25) is 19.2 Å². The molecular weight excluding hydrogens is 578 g/mol. The number of rotatable bonds is 8. The van der Waals surface area contributed by atoms with Crippen molar-refractivity contribution in [2.45, 2.75) is 58.1 Å². The third kappa shape index (κ3) is 9.21. The highest BCUT2D eigenvalue weighted by molar-refractivity contribution is 6.40. The molecule has 1 aliphatic heterocycles. The molecule has 1 saturated heterocycles. The average Bonchev–Trinajstić information content (AvgIpc) is 3.51. The summed E-state index contributed by atoms with van der Waals surface area (Å²) in [5, 5.41) is 19.1. The van der Waals surface area contributed by atoms with Crippen LogP contribution in [0.5, 0.6) is 0 Å². The Morgan fingerprint density at radius 1 is 0.977 bits per heavy atom. The highest BCUT2D eigenvalue weighted by atomic mass is 35.5. The van der Waals surface area contributed by atoms with E-state index in [0.717, 1.165) is 32.4 Å². The van der Waals surface area contributed by atoms with Crippen LogP contribution in [0.4, 0.5) is 16.2 Å². The number of tetrazole rings is 1. The van der Waals surface area contributed by atoms with Gasteiger partial charge in [0.15, 0.2) is 0 Å². The number of amides is 5. The zero-order valence-corrected chi connectivity index (χ0v) is 24.8. The number of nitrogens with zero attached hydrogens (tertiary/aromatic N) is 5. The molecule has 0 aliphatic carbocycles. The minimum atomic E-state index is -1.17. The number of hydrogen-bond donors (Lipinski definition) is 4. The monoisotopic (exact) mass is 611 g/mol. The van der Waals surface area contributed by atoms with E-state index >= 15 is 0 Å². The van der Waals surface area contributed by atoms with E-state index in [0.29, 0.717) is 22.0 Å². The Kier molecular flexibility index (Phi) is 10.3. The first-order valence-electron chi connectivity index (χ1n) is 13.8. The molecule has 0 saturated carbocycles. The fourth-order valence-electron chi connectivity index (χ4n) is 4.23. The van der Waals surface area contributed by atoms with Crippen LogP contribution in [-0.2, 0) is 25.6 Å². The topological polar surface area (TPSA) is 172 Å². The lowest BCUT2D eigenvalue weighted by Gasteiger charge is -2.26. The first kappa shape index (κ1) is 31.4. The number of aromatic nitrogens is 4. The number of halogens is 1. The van der Waals surface area contributed by atoms with Crippen LogP contribution >= 0.6 is 11.6 Å². The van der Waals surface area contributed by atoms with Crippen molar-refractivity contribution in [1.82, 2.24) is 35.9 Å². The Morgan fingerprint density at radius 2 is 1.70 bits per heavy atom. The quantitative estimate of drug-likeness (QED) is 0.222. The molecule has 0 radical (unpaired) electrons. The molecule has 1 fully saturated rings. The summed E-state index contributed by atoms with van der Waals surface area (Å²) in [5.41, 5.74) is 3.47. The van der Waals surface area contributed by atoms with E-state index in [4.69, 9.17) is 16.4 Å². The van der Waals surface area contributed by atoms with Crippen LogP contribution in [0.3, 0.4) is 0 Å². The van der Waals surface area contributed by atoms with Crippen LogP contribution < -0.4 is 21.4 Å². The van der Waals surface area contributed by atoms with Gasteiger partial charge in [-0.25, -0.2) is 10.3 Å². The molecule has 14 nitrogen and oxygen atoms in total. The van der Waals surface area contributed by atoms with Gasteiger partial charge in [0.1, 0.15) is 12.4 Å². The molecular formula is C28H34ClN9O5. The van der Waals surface area contributed by atoms with E-state index in [2.05, 4.69) is 37.0 Å². The fraction of sp³-hybridized carbons (Fsp3) is 0.393. The molecule has 2 heterocycles. The standard InChI is InChI=1S/C28H34ClN9O5/c1-28(2,3)43-34-24(39)22(15-18-7-10-20(11-8-18)31-27(42)37-13-5-4-6-14-37)33-26(41)25(40)32-21-16-19(29)9-12-23(21)38-17-30-35-36-38/h7-12,16-17,22H,4-6,13-15H2,1-3H3,(H,31,42)(H,32,40)(H,33,41)(H,34,39)/t22-/m0/s1. The molecule has 0 spiro atoms. The summed E-state index contributed by atoms with van der Waals surface area (Å²) >= 11 is 6.10. The Hall–Kier alpha value is -4.56. The maximum Gasteiger partial charge on any atom is 0.321 e. The van der Waals surface area contributed by atoms with Crippen molar-refractivity contribution in [3.8, 4) is 5.69 Å². The third-order valence-corrected chi connectivity index (χ3v) is 6.61. The molecule has 15 heteroatoms. The summed E-state index contributed by atoms with van der Waals surface area (Å²) in [4.78, 5) is 58.7. The van der Waals surface area contributed by atoms with Crippen LogP contribution in [0.1, 0.15) is 45.6 Å². The highest BCUT2D eigenvalue weighted by Gasteiger charge is 2.27. The number of carbonyl (C=O) groups excluding carboxylic acids is 4. The highest BCUT2D eigenvalue weighted by Crippen LogP contribution is 2.24. The van der Waals surface area contributed by atoms with Gasteiger partial charge in [-0.1, -0.05) is 23.7 Å². The largest absolute Gasteiger partial charge is 0.336 e. The van der Waals surface area contributed by atoms with Crippen molar-refractivity contribution in [2.75, 3.05) is 23.7 Å². The van der Waals surface area contributed by atoms with Crippen LogP contribution in [-0.4, -0.2) is 73.6 Å². The summed E-state index contributed by atoms with van der Waals surface area (Å²) in [6, 6.07) is 10.1. The molecule has 5 amide bonds. The van der Waals surface area contributed by atoms with Crippen molar-refractivity contribution in [2.24, 2.45) is 0 Å². The number of urea groups is 1. The number of benzene rings is 2. The van der Waals surface area contributed by atoms with Crippen molar-refractivity contribution >= 4 is 46.7 Å². The zero-order chi connectivity index (χ0) is 31.0. The number of likely N-dealkylation sites (tertiary alicyclic amines) is 1. The number of carbonyl (C=O) groups is 4. The smallest absolute Gasteiger partial charge is 0.321 e. The van der Waals surface area contributed by atoms with Gasteiger partial charge in [0.25, 0.3) is 5.91 Å². The predicted molar refractivity (Wildman–Crippen MR) is 158 cm³/mol. The minimum Gasteiger partial charge on any atom is -0.336 e. The molecule has 0 bridgehead atoms. The van der Waals surface area contributed by atoms with Gasteiger partial charge in [0.05, 0.1) is 17.0 Å². The normalized spacial score (nSPS) is 14.0. The zero-order valence-electron chi connectivity index (χ0n) is 24.1. The van der Waals surface area contributed by atoms with Crippen LogP contribution in [0.25, 0.3) is 5.69 Å². The molecule has 2 aromatic carbocycles. The Morgan fingerprint density at radius 3 is 2.35 bits per heavy atom. The van der Waals surface area contributed by atoms with Gasteiger partial charge < -0.3 is 20.9 Å². The number of anilines is 2. The Bertz CT molecular complexity index is 1440. The molecule has 1 atom stereocenters. The van der Waals surface area contributed by atoms with Crippen molar-refractivity contribution in [1.29, 1.82) is 0 Å². The summed E-state index contributed by atoms with van der Waals surface area (Å²) in [6.45, 7) is 6.69. The van der Waals surface area contributed by atoms with Crippen LogP contribution in [0, 0.1) is 0 Å². The van der Waals surface area contributed by atoms with Crippen LogP contribution in [0.15, 0.2) is 48.8 Å². The number of hydrogen-bond acceptors (Lipinski definition) is 8. The van der Waals surface area contributed by atoms with Crippen molar-refractivity contribution in [3.63, 3.8) is 0 Å². The lowest BCUT2D eigenvalue weighted by Crippen LogP contribution is -2.51. The lowest BCUT2D eigenvalue weighted by molar-refractivity contribution is -0.149. The third-order valence-electron chi connectivity index (χ3n) is 6.38. The van der Waals surface area contributed by atoms with E-state index in [1.165, 1.54) is 17.1 Å². The summed E-state index contributed by atoms with van der Waals surface area (Å²) in [5.74, 6) is -2.76.